The van der Waals surface area contributed by atoms with E-state index in [0.717, 1.165) is 51.4 Å². The summed E-state index contributed by atoms with van der Waals surface area (Å²) in [6.45, 7) is 2.18. The van der Waals surface area contributed by atoms with Crippen LogP contribution >= 0.6 is 0 Å². The number of rotatable bonds is 12. The molecule has 1 N–H and O–H groups in total. The van der Waals surface area contributed by atoms with Gasteiger partial charge in [-0.3, -0.25) is 10.1 Å². The highest BCUT2D eigenvalue weighted by molar-refractivity contribution is 5.68. The maximum atomic E-state index is 11.0. The Bertz CT molecular complexity index is 424. The monoisotopic (exact) mass is 356 g/mol. The maximum Gasteiger partial charge on any atom is 0.305 e. The zero-order valence-electron chi connectivity index (χ0n) is 15.4. The smallest absolute Gasteiger partial charge is 0.305 e. The van der Waals surface area contributed by atoms with Crippen LogP contribution in [0.4, 0.5) is 0 Å². The lowest BCUT2D eigenvalue weighted by Crippen LogP contribution is -2.28. The molecular weight excluding hydrogens is 324 g/mol. The average molecular weight is 356 g/mol. The zero-order valence-corrected chi connectivity index (χ0v) is 15.4. The Balaban J connectivity index is 1.61. The van der Waals surface area contributed by atoms with Gasteiger partial charge in [0.1, 0.15) is 12.2 Å². The summed E-state index contributed by atoms with van der Waals surface area (Å²) < 4.78 is 4.62. The number of methoxy groups -OCH3 is 1. The molecular formula is C19H32O6. The molecule has 25 heavy (non-hydrogen) atoms. The van der Waals surface area contributed by atoms with Crippen molar-refractivity contribution in [3.05, 3.63) is 12.2 Å². The van der Waals surface area contributed by atoms with E-state index in [-0.39, 0.29) is 24.3 Å². The molecule has 2 aliphatic rings. The summed E-state index contributed by atoms with van der Waals surface area (Å²) in [7, 11) is 1.42. The summed E-state index contributed by atoms with van der Waals surface area (Å²) in [6, 6.07) is 0. The van der Waals surface area contributed by atoms with Gasteiger partial charge in [-0.1, -0.05) is 51.2 Å². The average Bonchev–Trinajstić information content (AvgIpc) is 3.24. The second-order valence-corrected chi connectivity index (χ2v) is 7.07. The minimum Gasteiger partial charge on any atom is -0.469 e. The van der Waals surface area contributed by atoms with Gasteiger partial charge in [0.05, 0.1) is 13.2 Å². The maximum absolute atomic E-state index is 11.0. The van der Waals surface area contributed by atoms with Crippen molar-refractivity contribution in [2.45, 2.75) is 83.0 Å². The molecule has 1 aliphatic carbocycles. The van der Waals surface area contributed by atoms with E-state index < -0.39 is 0 Å². The number of ether oxygens (including phenoxy) is 1. The number of carbonyl (C=O) groups excluding carboxylic acids is 1. The van der Waals surface area contributed by atoms with Crippen LogP contribution in [0.1, 0.15) is 64.7 Å². The highest BCUT2D eigenvalue weighted by atomic mass is 17.2. The van der Waals surface area contributed by atoms with Gasteiger partial charge in [-0.2, -0.15) is 0 Å². The molecule has 0 amide bonds. The normalized spacial score (nSPS) is 29.4. The first-order chi connectivity index (χ1) is 12.2. The lowest BCUT2D eigenvalue weighted by atomic mass is 9.90. The molecule has 0 aromatic rings. The van der Waals surface area contributed by atoms with Crippen LogP contribution in [0.3, 0.4) is 0 Å². The fourth-order valence-corrected chi connectivity index (χ4v) is 3.93. The van der Waals surface area contributed by atoms with E-state index in [1.54, 1.807) is 0 Å². The quantitative estimate of drug-likeness (QED) is 0.187. The third-order valence-electron chi connectivity index (χ3n) is 5.42. The minimum absolute atomic E-state index is 0.139. The van der Waals surface area contributed by atoms with Crippen molar-refractivity contribution in [1.82, 2.24) is 0 Å². The fraction of sp³-hybridized carbons (Fsp3) is 0.842. The molecule has 0 aromatic heterocycles. The topological polar surface area (TPSA) is 74.2 Å². The summed E-state index contributed by atoms with van der Waals surface area (Å²) in [6.07, 6.45) is 12.5. The second kappa shape index (κ2) is 10.9. The summed E-state index contributed by atoms with van der Waals surface area (Å²) in [5, 5.41) is 9.13. The van der Waals surface area contributed by atoms with Crippen LogP contribution in [-0.2, 0) is 24.2 Å². The summed E-state index contributed by atoms with van der Waals surface area (Å²) >= 11 is 0. The molecule has 1 saturated heterocycles. The standard InChI is InChI=1S/C19H32O6/c1-3-15-16(18-13-17(15)24-25-18)12-11-14(23-21)9-7-5-4-6-8-10-19(20)22-2/h11-12,14-18,21H,3-10,13H2,1-2H3/b12-11+/t14-,15-,16+,17-,18+/m0/s1. The number of carbonyl (C=O) groups is 1. The number of unbranched alkanes of at least 4 members (excludes halogenated alkanes) is 4. The Morgan fingerprint density at radius 3 is 2.64 bits per heavy atom. The van der Waals surface area contributed by atoms with Gasteiger partial charge in [0.15, 0.2) is 0 Å². The Morgan fingerprint density at radius 1 is 1.20 bits per heavy atom. The van der Waals surface area contributed by atoms with E-state index in [4.69, 9.17) is 15.0 Å². The molecule has 6 nitrogen and oxygen atoms in total. The fourth-order valence-electron chi connectivity index (χ4n) is 3.93. The third-order valence-corrected chi connectivity index (χ3v) is 5.42. The predicted molar refractivity (Wildman–Crippen MR) is 92.6 cm³/mol. The van der Waals surface area contributed by atoms with Crippen molar-refractivity contribution in [3.63, 3.8) is 0 Å². The summed E-state index contributed by atoms with van der Waals surface area (Å²) in [5.74, 6) is 0.697. The van der Waals surface area contributed by atoms with E-state index in [1.165, 1.54) is 7.11 Å². The minimum atomic E-state index is -0.271. The highest BCUT2D eigenvalue weighted by Gasteiger charge is 2.48. The SMILES string of the molecule is CC[C@H]1[C@@H](/C=C/[C@H](CCCCCCCC(=O)OC)OO)[C@H]2C[C@@H]1OO2. The first kappa shape index (κ1) is 20.4. The molecule has 1 saturated carbocycles. The highest BCUT2D eigenvalue weighted by Crippen LogP contribution is 2.44. The Morgan fingerprint density at radius 2 is 1.92 bits per heavy atom. The van der Waals surface area contributed by atoms with Gasteiger partial charge < -0.3 is 4.74 Å². The van der Waals surface area contributed by atoms with Gasteiger partial charge >= 0.3 is 5.97 Å². The molecule has 6 heteroatoms. The Kier molecular flexibility index (Phi) is 8.89. The van der Waals surface area contributed by atoms with Gasteiger partial charge in [-0.15, -0.1) is 0 Å². The van der Waals surface area contributed by atoms with Crippen molar-refractivity contribution >= 4 is 5.97 Å². The van der Waals surface area contributed by atoms with Crippen molar-refractivity contribution < 1.29 is 29.5 Å². The molecule has 2 rings (SSSR count). The van der Waals surface area contributed by atoms with Gasteiger partial charge in [-0.05, 0) is 18.8 Å². The van der Waals surface area contributed by atoms with Crippen LogP contribution in [0.5, 0.6) is 0 Å². The largest absolute Gasteiger partial charge is 0.469 e. The number of fused-ring (bicyclic) bond motifs is 2. The van der Waals surface area contributed by atoms with E-state index >= 15 is 0 Å². The molecule has 0 spiro atoms. The van der Waals surface area contributed by atoms with Crippen molar-refractivity contribution in [2.75, 3.05) is 7.11 Å². The molecule has 5 atom stereocenters. The molecule has 0 unspecified atom stereocenters. The van der Waals surface area contributed by atoms with Crippen LogP contribution in [-0.4, -0.2) is 36.6 Å². The molecule has 0 aromatic carbocycles. The summed E-state index contributed by atoms with van der Waals surface area (Å²) in [4.78, 5) is 26.3. The third kappa shape index (κ3) is 6.06. The molecule has 144 valence electrons. The van der Waals surface area contributed by atoms with Crippen LogP contribution in [0.2, 0.25) is 0 Å². The molecule has 2 bridgehead atoms. The summed E-state index contributed by atoms with van der Waals surface area (Å²) in [5.41, 5.74) is 0. The Hall–Kier alpha value is -0.950. The molecule has 1 aliphatic heterocycles. The first-order valence-electron chi connectivity index (χ1n) is 9.57. The van der Waals surface area contributed by atoms with E-state index in [2.05, 4.69) is 22.6 Å². The number of hydrogen-bond donors (Lipinski definition) is 1. The zero-order chi connectivity index (χ0) is 18.1. The van der Waals surface area contributed by atoms with Crippen LogP contribution in [0.25, 0.3) is 0 Å². The number of esters is 1. The molecule has 1 heterocycles. The predicted octanol–water partition coefficient (Wildman–Crippen LogP) is 4.05. The first-order valence-corrected chi connectivity index (χ1v) is 9.57. The van der Waals surface area contributed by atoms with Crippen molar-refractivity contribution in [2.24, 2.45) is 11.8 Å². The van der Waals surface area contributed by atoms with Gasteiger partial charge in [-0.25, -0.2) is 14.7 Å². The van der Waals surface area contributed by atoms with E-state index in [9.17, 15) is 4.79 Å². The number of hydrogen-bond acceptors (Lipinski definition) is 6. The van der Waals surface area contributed by atoms with Gasteiger partial charge in [0.2, 0.25) is 0 Å². The molecule has 2 fully saturated rings. The van der Waals surface area contributed by atoms with Crippen molar-refractivity contribution in [3.8, 4) is 0 Å². The van der Waals surface area contributed by atoms with Gasteiger partial charge in [0.25, 0.3) is 0 Å². The van der Waals surface area contributed by atoms with Crippen LogP contribution < -0.4 is 0 Å². The lowest BCUT2D eigenvalue weighted by Gasteiger charge is -2.27. The van der Waals surface area contributed by atoms with Gasteiger partial charge in [0, 0.05) is 18.8 Å². The van der Waals surface area contributed by atoms with E-state index in [1.807, 2.05) is 6.08 Å². The van der Waals surface area contributed by atoms with Crippen molar-refractivity contribution in [1.29, 1.82) is 0 Å². The van der Waals surface area contributed by atoms with Crippen LogP contribution in [0.15, 0.2) is 12.2 Å². The van der Waals surface area contributed by atoms with Crippen LogP contribution in [0, 0.1) is 11.8 Å². The lowest BCUT2D eigenvalue weighted by molar-refractivity contribution is -0.336. The molecule has 0 radical (unpaired) electrons. The van der Waals surface area contributed by atoms with E-state index in [0.29, 0.717) is 18.3 Å². The Labute approximate surface area is 150 Å². The second-order valence-electron chi connectivity index (χ2n) is 7.07.